The van der Waals surface area contributed by atoms with Crippen LogP contribution in [-0.4, -0.2) is 29.2 Å². The van der Waals surface area contributed by atoms with Crippen LogP contribution in [0.3, 0.4) is 0 Å². The van der Waals surface area contributed by atoms with Gasteiger partial charge in [0.25, 0.3) is 0 Å². The van der Waals surface area contributed by atoms with Crippen LogP contribution in [0.2, 0.25) is 0 Å². The molecule has 0 aliphatic heterocycles. The first-order valence-corrected chi connectivity index (χ1v) is 6.37. The van der Waals surface area contributed by atoms with Gasteiger partial charge in [0.2, 0.25) is 5.89 Å². The van der Waals surface area contributed by atoms with Crippen molar-refractivity contribution in [3.63, 3.8) is 0 Å². The largest absolute Gasteiger partial charge is 0.417 e. The monoisotopic (exact) mass is 314 g/mol. The fraction of sp³-hybridized carbons (Fsp3) is 0.308. The molecule has 1 heterocycles. The number of halogens is 3. The van der Waals surface area contributed by atoms with Crippen molar-refractivity contribution in [1.82, 2.24) is 15.5 Å². The molecule has 3 N–H and O–H groups in total. The number of nitrogens with two attached hydrogens (primary N) is 1. The van der Waals surface area contributed by atoms with Crippen LogP contribution in [0.1, 0.15) is 27.7 Å². The number of rotatable bonds is 5. The maximum absolute atomic E-state index is 12.6. The molecule has 0 atom stereocenters. The third-order valence-electron chi connectivity index (χ3n) is 2.70. The zero-order chi connectivity index (χ0) is 16.2. The minimum absolute atomic E-state index is 0.00108. The fourth-order valence-electron chi connectivity index (χ4n) is 1.71. The van der Waals surface area contributed by atoms with Crippen LogP contribution >= 0.6 is 0 Å². The van der Waals surface area contributed by atoms with Gasteiger partial charge in [-0.2, -0.15) is 13.2 Å². The van der Waals surface area contributed by atoms with Gasteiger partial charge in [0.15, 0.2) is 0 Å². The Morgan fingerprint density at radius 1 is 1.32 bits per heavy atom. The summed E-state index contributed by atoms with van der Waals surface area (Å²) in [7, 11) is 0. The molecule has 0 spiro atoms. The number of alkyl halides is 3. The predicted octanol–water partition coefficient (Wildman–Crippen LogP) is 1.37. The minimum atomic E-state index is -4.42. The first-order chi connectivity index (χ1) is 10.4. The molecule has 118 valence electrons. The lowest BCUT2D eigenvalue weighted by Crippen LogP contribution is -2.29. The number of hydrogen-bond acceptors (Lipinski definition) is 5. The minimum Gasteiger partial charge on any atom is -0.417 e. The van der Waals surface area contributed by atoms with E-state index in [9.17, 15) is 18.0 Å². The summed E-state index contributed by atoms with van der Waals surface area (Å²) in [5.74, 6) is -0.777. The summed E-state index contributed by atoms with van der Waals surface area (Å²) >= 11 is 0. The van der Waals surface area contributed by atoms with Gasteiger partial charge in [0, 0.05) is 13.1 Å². The van der Waals surface area contributed by atoms with Crippen LogP contribution in [0.4, 0.5) is 13.2 Å². The molecule has 2 rings (SSSR count). The predicted molar refractivity (Wildman–Crippen MR) is 69.9 cm³/mol. The summed E-state index contributed by atoms with van der Waals surface area (Å²) in [6.07, 6.45) is -4.42. The summed E-state index contributed by atoms with van der Waals surface area (Å²) in [5.41, 5.74) is 4.83. The number of nitrogens with one attached hydrogen (secondary N) is 1. The molecule has 9 heteroatoms. The zero-order valence-corrected chi connectivity index (χ0v) is 11.4. The normalized spacial score (nSPS) is 11.5. The molecule has 6 nitrogen and oxygen atoms in total. The van der Waals surface area contributed by atoms with Crippen molar-refractivity contribution in [3.8, 4) is 0 Å². The Morgan fingerprint density at radius 2 is 2.09 bits per heavy atom. The van der Waals surface area contributed by atoms with Gasteiger partial charge in [-0.3, -0.25) is 4.79 Å². The molecule has 1 aromatic heterocycles. The number of hydrogen-bond donors (Lipinski definition) is 2. The second kappa shape index (κ2) is 6.56. The van der Waals surface area contributed by atoms with Crippen molar-refractivity contribution in [1.29, 1.82) is 0 Å². The Kier molecular flexibility index (Phi) is 4.76. The maximum atomic E-state index is 12.6. The lowest BCUT2D eigenvalue weighted by molar-refractivity contribution is -0.137. The van der Waals surface area contributed by atoms with Gasteiger partial charge in [-0.25, -0.2) is 0 Å². The zero-order valence-electron chi connectivity index (χ0n) is 11.4. The van der Waals surface area contributed by atoms with Crippen molar-refractivity contribution in [3.05, 3.63) is 47.2 Å². The van der Waals surface area contributed by atoms with Gasteiger partial charge >= 0.3 is 18.0 Å². The van der Waals surface area contributed by atoms with Gasteiger partial charge in [-0.05, 0) is 11.6 Å². The molecular formula is C13H13F3N4O2. The van der Waals surface area contributed by atoms with Crippen molar-refractivity contribution >= 4 is 5.91 Å². The van der Waals surface area contributed by atoms with Gasteiger partial charge in [0.1, 0.15) is 0 Å². The summed E-state index contributed by atoms with van der Waals surface area (Å²) in [4.78, 5) is 11.5. The average molecular weight is 314 g/mol. The second-order valence-electron chi connectivity index (χ2n) is 4.42. The molecule has 1 amide bonds. The smallest absolute Gasteiger partial charge is 0.416 e. The Hall–Kier alpha value is -2.42. The van der Waals surface area contributed by atoms with E-state index in [2.05, 4.69) is 15.5 Å². The first-order valence-electron chi connectivity index (χ1n) is 6.37. The highest BCUT2D eigenvalue weighted by atomic mass is 19.4. The third kappa shape index (κ3) is 4.04. The molecule has 0 unspecified atom stereocenters. The number of benzene rings is 1. The van der Waals surface area contributed by atoms with Crippen molar-refractivity contribution in [2.75, 3.05) is 13.1 Å². The fourth-order valence-corrected chi connectivity index (χ4v) is 1.71. The topological polar surface area (TPSA) is 94.0 Å². The van der Waals surface area contributed by atoms with E-state index in [1.165, 1.54) is 12.1 Å². The summed E-state index contributed by atoms with van der Waals surface area (Å²) in [6, 6.07) is 4.78. The Bertz CT molecular complexity index is 655. The first kappa shape index (κ1) is 16.0. The van der Waals surface area contributed by atoms with Gasteiger partial charge in [-0.15, -0.1) is 10.2 Å². The lowest BCUT2D eigenvalue weighted by Gasteiger charge is -2.07. The van der Waals surface area contributed by atoms with Gasteiger partial charge in [0.05, 0.1) is 12.0 Å². The molecule has 0 aliphatic carbocycles. The lowest BCUT2D eigenvalue weighted by atomic mass is 10.1. The Morgan fingerprint density at radius 3 is 2.77 bits per heavy atom. The van der Waals surface area contributed by atoms with Crippen LogP contribution in [0.5, 0.6) is 0 Å². The molecule has 0 radical (unpaired) electrons. The van der Waals surface area contributed by atoms with Crippen LogP contribution in [0.25, 0.3) is 0 Å². The standard InChI is InChI=1S/C13H13F3N4O2/c14-13(15,16)9-3-1-2-8(6-9)7-10-19-20-12(22-10)11(21)18-5-4-17/h1-3,6H,4-5,7,17H2,(H,18,21). The second-order valence-corrected chi connectivity index (χ2v) is 4.42. The molecule has 0 fully saturated rings. The summed E-state index contributed by atoms with van der Waals surface area (Å²) in [6.45, 7) is 0.515. The van der Waals surface area contributed by atoms with Gasteiger partial charge in [-0.1, -0.05) is 18.2 Å². The third-order valence-corrected chi connectivity index (χ3v) is 2.70. The Balaban J connectivity index is 2.09. The van der Waals surface area contributed by atoms with Crippen molar-refractivity contribution in [2.24, 2.45) is 5.73 Å². The van der Waals surface area contributed by atoms with E-state index in [0.29, 0.717) is 5.56 Å². The SMILES string of the molecule is NCCNC(=O)c1nnc(Cc2cccc(C(F)(F)F)c2)o1. The van der Waals surface area contributed by atoms with E-state index >= 15 is 0 Å². The van der Waals surface area contributed by atoms with Crippen molar-refractivity contribution in [2.45, 2.75) is 12.6 Å². The highest BCUT2D eigenvalue weighted by Crippen LogP contribution is 2.29. The number of carbonyl (C=O) groups excluding carboxylic acids is 1. The molecule has 0 saturated carbocycles. The average Bonchev–Trinajstić information content (AvgIpc) is 2.92. The van der Waals surface area contributed by atoms with E-state index < -0.39 is 17.6 Å². The number of amides is 1. The van der Waals surface area contributed by atoms with Crippen LogP contribution in [-0.2, 0) is 12.6 Å². The number of carbonyl (C=O) groups is 1. The van der Waals surface area contributed by atoms with E-state index in [1.54, 1.807) is 0 Å². The molecule has 0 saturated heterocycles. The molecule has 22 heavy (non-hydrogen) atoms. The van der Waals surface area contributed by atoms with Crippen LogP contribution in [0.15, 0.2) is 28.7 Å². The highest BCUT2D eigenvalue weighted by molar-refractivity contribution is 5.89. The molecular weight excluding hydrogens is 301 g/mol. The maximum Gasteiger partial charge on any atom is 0.416 e. The van der Waals surface area contributed by atoms with E-state index in [4.69, 9.17) is 10.2 Å². The molecule has 0 bridgehead atoms. The summed E-state index contributed by atoms with van der Waals surface area (Å²) < 4.78 is 43.0. The quantitative estimate of drug-likeness (QED) is 0.869. The van der Waals surface area contributed by atoms with Crippen LogP contribution < -0.4 is 11.1 Å². The Labute approximate surface area is 123 Å². The van der Waals surface area contributed by atoms with E-state index in [1.807, 2.05) is 0 Å². The number of aromatic nitrogens is 2. The van der Waals surface area contributed by atoms with Gasteiger partial charge < -0.3 is 15.5 Å². The van der Waals surface area contributed by atoms with Crippen LogP contribution in [0, 0.1) is 0 Å². The molecule has 1 aromatic carbocycles. The highest BCUT2D eigenvalue weighted by Gasteiger charge is 2.30. The van der Waals surface area contributed by atoms with E-state index in [-0.39, 0.29) is 31.3 Å². The van der Waals surface area contributed by atoms with Crippen molar-refractivity contribution < 1.29 is 22.4 Å². The number of nitrogens with zero attached hydrogens (tertiary/aromatic N) is 2. The summed E-state index contributed by atoms with van der Waals surface area (Å²) in [5, 5.41) is 9.63. The van der Waals surface area contributed by atoms with E-state index in [0.717, 1.165) is 12.1 Å². The molecule has 2 aromatic rings. The molecule has 0 aliphatic rings.